The molecule has 0 aliphatic carbocycles. The molecule has 27 heavy (non-hydrogen) atoms. The van der Waals surface area contributed by atoms with E-state index in [1.807, 2.05) is 31.2 Å². The first-order valence-electron chi connectivity index (χ1n) is 9.04. The predicted molar refractivity (Wildman–Crippen MR) is 98.3 cm³/mol. The van der Waals surface area contributed by atoms with Gasteiger partial charge in [-0.2, -0.15) is 0 Å². The Hall–Kier alpha value is -2.58. The zero-order chi connectivity index (χ0) is 19.2. The van der Waals surface area contributed by atoms with Crippen molar-refractivity contribution in [3.63, 3.8) is 0 Å². The fourth-order valence-corrected chi connectivity index (χ4v) is 3.25. The maximum Gasteiger partial charge on any atom is 0.338 e. The molecule has 1 atom stereocenters. The Morgan fingerprint density at radius 3 is 2.59 bits per heavy atom. The molecule has 0 radical (unpaired) electrons. The van der Waals surface area contributed by atoms with Crippen molar-refractivity contribution < 1.29 is 23.8 Å². The van der Waals surface area contributed by atoms with Crippen LogP contribution in [0.4, 0.5) is 4.79 Å². The fourth-order valence-electron chi connectivity index (χ4n) is 3.25. The minimum atomic E-state index is -0.585. The van der Waals surface area contributed by atoms with E-state index in [2.05, 4.69) is 15.5 Å². The third kappa shape index (κ3) is 4.58. The lowest BCUT2D eigenvalue weighted by Crippen LogP contribution is -2.49. The van der Waals surface area contributed by atoms with Crippen molar-refractivity contribution in [1.82, 2.24) is 15.5 Å². The Balaban J connectivity index is 1.92. The van der Waals surface area contributed by atoms with E-state index < -0.39 is 12.0 Å². The lowest BCUT2D eigenvalue weighted by atomic mass is 9.95. The summed E-state index contributed by atoms with van der Waals surface area (Å²) in [5, 5.41) is 5.61. The van der Waals surface area contributed by atoms with Crippen LogP contribution < -0.4 is 15.4 Å². The number of ether oxygens (including phenoxy) is 3. The maximum absolute atomic E-state index is 12.5. The maximum atomic E-state index is 12.5. The first-order chi connectivity index (χ1) is 13.1. The Labute approximate surface area is 158 Å². The highest BCUT2D eigenvalue weighted by Crippen LogP contribution is 2.29. The number of esters is 1. The highest BCUT2D eigenvalue weighted by Gasteiger charge is 2.34. The molecule has 1 saturated heterocycles. The smallest absolute Gasteiger partial charge is 0.338 e. The lowest BCUT2D eigenvalue weighted by Gasteiger charge is -2.33. The molecule has 8 nitrogen and oxygen atoms in total. The summed E-state index contributed by atoms with van der Waals surface area (Å²) >= 11 is 0. The van der Waals surface area contributed by atoms with E-state index in [9.17, 15) is 9.59 Å². The SMILES string of the molecule is CCOc1ccc([C@H]2NC(=O)NC(CN3CCOCC3)=C2C(=O)OC)cc1. The lowest BCUT2D eigenvalue weighted by molar-refractivity contribution is -0.136. The molecule has 2 aliphatic heterocycles. The molecule has 2 aliphatic rings. The van der Waals surface area contributed by atoms with Crippen LogP contribution in [0.1, 0.15) is 18.5 Å². The summed E-state index contributed by atoms with van der Waals surface area (Å²) < 4.78 is 15.8. The third-order valence-corrected chi connectivity index (χ3v) is 4.57. The summed E-state index contributed by atoms with van der Waals surface area (Å²) in [5.74, 6) is 0.267. The number of urea groups is 1. The van der Waals surface area contributed by atoms with Crippen LogP contribution in [0.5, 0.6) is 5.75 Å². The zero-order valence-corrected chi connectivity index (χ0v) is 15.6. The van der Waals surface area contributed by atoms with Crippen LogP contribution in [-0.2, 0) is 14.3 Å². The first kappa shape index (κ1) is 19.2. The van der Waals surface area contributed by atoms with Crippen LogP contribution in [0.2, 0.25) is 0 Å². The van der Waals surface area contributed by atoms with Crippen molar-refractivity contribution in [1.29, 1.82) is 0 Å². The van der Waals surface area contributed by atoms with Gasteiger partial charge in [0.05, 0.1) is 38.5 Å². The number of hydrogen-bond donors (Lipinski definition) is 2. The second-order valence-electron chi connectivity index (χ2n) is 6.31. The Morgan fingerprint density at radius 1 is 1.26 bits per heavy atom. The number of carbonyl (C=O) groups is 2. The molecule has 0 saturated carbocycles. The molecule has 1 fully saturated rings. The topological polar surface area (TPSA) is 89.1 Å². The van der Waals surface area contributed by atoms with E-state index in [0.29, 0.717) is 37.6 Å². The molecule has 0 unspecified atom stereocenters. The van der Waals surface area contributed by atoms with Crippen LogP contribution in [0, 0.1) is 0 Å². The molecular formula is C19H25N3O5. The molecule has 1 aromatic rings. The molecule has 0 spiro atoms. The van der Waals surface area contributed by atoms with E-state index in [-0.39, 0.29) is 6.03 Å². The quantitative estimate of drug-likeness (QED) is 0.727. The van der Waals surface area contributed by atoms with Crippen LogP contribution in [0.3, 0.4) is 0 Å². The normalized spacial score (nSPS) is 20.7. The summed E-state index contributed by atoms with van der Waals surface area (Å²) in [6.07, 6.45) is 0. The van der Waals surface area contributed by atoms with Gasteiger partial charge in [-0.3, -0.25) is 4.90 Å². The van der Waals surface area contributed by atoms with Gasteiger partial charge in [0, 0.05) is 25.3 Å². The van der Waals surface area contributed by atoms with Gasteiger partial charge in [0.2, 0.25) is 0 Å². The summed E-state index contributed by atoms with van der Waals surface area (Å²) in [6.45, 7) is 5.70. The molecular weight excluding hydrogens is 350 g/mol. The summed E-state index contributed by atoms with van der Waals surface area (Å²) in [4.78, 5) is 26.9. The number of carbonyl (C=O) groups excluding carboxylic acids is 2. The van der Waals surface area contributed by atoms with Crippen molar-refractivity contribution in [3.05, 3.63) is 41.1 Å². The van der Waals surface area contributed by atoms with Crippen LogP contribution in [-0.4, -0.2) is 63.5 Å². The minimum absolute atomic E-state index is 0.343. The zero-order valence-electron chi connectivity index (χ0n) is 15.6. The van der Waals surface area contributed by atoms with Crippen molar-refractivity contribution in [2.75, 3.05) is 46.6 Å². The van der Waals surface area contributed by atoms with Gasteiger partial charge in [-0.15, -0.1) is 0 Å². The molecule has 2 heterocycles. The van der Waals surface area contributed by atoms with E-state index in [4.69, 9.17) is 14.2 Å². The number of benzene rings is 1. The van der Waals surface area contributed by atoms with E-state index in [1.54, 1.807) is 0 Å². The van der Waals surface area contributed by atoms with Crippen LogP contribution >= 0.6 is 0 Å². The third-order valence-electron chi connectivity index (χ3n) is 4.57. The van der Waals surface area contributed by atoms with Gasteiger partial charge in [-0.1, -0.05) is 12.1 Å². The minimum Gasteiger partial charge on any atom is -0.494 e. The monoisotopic (exact) mass is 375 g/mol. The second-order valence-corrected chi connectivity index (χ2v) is 6.31. The Bertz CT molecular complexity index is 711. The Morgan fingerprint density at radius 2 is 1.96 bits per heavy atom. The highest BCUT2D eigenvalue weighted by molar-refractivity contribution is 5.95. The molecule has 2 N–H and O–H groups in total. The van der Waals surface area contributed by atoms with Gasteiger partial charge in [0.15, 0.2) is 0 Å². The van der Waals surface area contributed by atoms with E-state index >= 15 is 0 Å². The molecule has 0 bridgehead atoms. The van der Waals surface area contributed by atoms with Gasteiger partial charge < -0.3 is 24.8 Å². The number of nitrogens with zero attached hydrogens (tertiary/aromatic N) is 1. The molecule has 8 heteroatoms. The predicted octanol–water partition coefficient (Wildman–Crippen LogP) is 1.20. The number of hydrogen-bond acceptors (Lipinski definition) is 6. The molecule has 3 rings (SSSR count). The van der Waals surface area contributed by atoms with Crippen molar-refractivity contribution in [2.24, 2.45) is 0 Å². The second kappa shape index (κ2) is 8.88. The van der Waals surface area contributed by atoms with Crippen molar-refractivity contribution >= 4 is 12.0 Å². The highest BCUT2D eigenvalue weighted by atomic mass is 16.5. The average Bonchev–Trinajstić information content (AvgIpc) is 2.69. The summed E-state index contributed by atoms with van der Waals surface area (Å²) in [6, 6.07) is 6.41. The molecule has 146 valence electrons. The van der Waals surface area contributed by atoms with Gasteiger partial charge in [0.25, 0.3) is 0 Å². The number of nitrogens with one attached hydrogen (secondary N) is 2. The van der Waals surface area contributed by atoms with Gasteiger partial charge in [-0.25, -0.2) is 9.59 Å². The summed E-state index contributed by atoms with van der Waals surface area (Å²) in [7, 11) is 1.34. The van der Waals surface area contributed by atoms with E-state index in [1.165, 1.54) is 7.11 Å². The number of amides is 2. The summed E-state index contributed by atoms with van der Waals surface area (Å²) in [5.41, 5.74) is 1.76. The number of morpholine rings is 1. The molecule has 1 aromatic carbocycles. The average molecular weight is 375 g/mol. The van der Waals surface area contributed by atoms with Crippen LogP contribution in [0.15, 0.2) is 35.5 Å². The first-order valence-corrected chi connectivity index (χ1v) is 9.04. The fraction of sp³-hybridized carbons (Fsp3) is 0.474. The van der Waals surface area contributed by atoms with Crippen LogP contribution in [0.25, 0.3) is 0 Å². The van der Waals surface area contributed by atoms with Crippen molar-refractivity contribution in [3.8, 4) is 5.75 Å². The standard InChI is InChI=1S/C19H25N3O5/c1-3-27-14-6-4-13(5-7-14)17-16(18(23)25-2)15(20-19(24)21-17)12-22-8-10-26-11-9-22/h4-7,17H,3,8-12H2,1-2H3,(H2,20,21,24)/t17-/m1/s1. The van der Waals surface area contributed by atoms with Gasteiger partial charge in [-0.05, 0) is 24.6 Å². The van der Waals surface area contributed by atoms with E-state index in [0.717, 1.165) is 24.4 Å². The van der Waals surface area contributed by atoms with Crippen molar-refractivity contribution in [2.45, 2.75) is 13.0 Å². The number of rotatable bonds is 6. The Kier molecular flexibility index (Phi) is 6.31. The van der Waals surface area contributed by atoms with Gasteiger partial charge >= 0.3 is 12.0 Å². The molecule has 2 amide bonds. The largest absolute Gasteiger partial charge is 0.494 e. The van der Waals surface area contributed by atoms with Gasteiger partial charge in [0.1, 0.15) is 5.75 Å². The number of methoxy groups -OCH3 is 1. The molecule has 0 aromatic heterocycles.